The number of hydrogen-bond acceptors (Lipinski definition) is 7. The van der Waals surface area contributed by atoms with Gasteiger partial charge in [-0.25, -0.2) is 18.7 Å². The minimum absolute atomic E-state index is 0.0468. The van der Waals surface area contributed by atoms with E-state index in [1.54, 1.807) is 20.2 Å². The number of piperidine rings is 1. The van der Waals surface area contributed by atoms with Crippen molar-refractivity contribution in [2.24, 2.45) is 0 Å². The summed E-state index contributed by atoms with van der Waals surface area (Å²) in [5.74, 6) is 0.746. The molecule has 1 saturated heterocycles. The van der Waals surface area contributed by atoms with Crippen molar-refractivity contribution in [1.29, 1.82) is 0 Å². The van der Waals surface area contributed by atoms with Crippen LogP contribution in [0.5, 0.6) is 0 Å². The van der Waals surface area contributed by atoms with E-state index in [0.29, 0.717) is 52.7 Å². The summed E-state index contributed by atoms with van der Waals surface area (Å²) < 4.78 is 35.2. The first-order chi connectivity index (χ1) is 17.7. The molecule has 0 aliphatic carbocycles. The quantitative estimate of drug-likeness (QED) is 0.369. The van der Waals surface area contributed by atoms with E-state index >= 15 is 0 Å². The largest absolute Gasteiger partial charge is 0.356 e. The van der Waals surface area contributed by atoms with Gasteiger partial charge in [-0.15, -0.1) is 0 Å². The molecule has 0 bridgehead atoms. The molecule has 0 atom stereocenters. The number of halogens is 2. The monoisotopic (exact) mass is 506 g/mol. The zero-order chi connectivity index (χ0) is 26.3. The number of amides is 1. The van der Waals surface area contributed by atoms with Crippen molar-refractivity contribution in [1.82, 2.24) is 25.0 Å². The van der Waals surface area contributed by atoms with Gasteiger partial charge in [0.15, 0.2) is 5.82 Å². The van der Waals surface area contributed by atoms with E-state index in [4.69, 9.17) is 4.52 Å². The summed E-state index contributed by atoms with van der Waals surface area (Å²) in [6, 6.07) is 7.01. The molecule has 0 unspecified atom stereocenters. The maximum absolute atomic E-state index is 14.8. The highest BCUT2D eigenvalue weighted by Crippen LogP contribution is 2.36. The van der Waals surface area contributed by atoms with Crippen LogP contribution in [0.25, 0.3) is 22.0 Å². The van der Waals surface area contributed by atoms with E-state index in [2.05, 4.69) is 25.0 Å². The van der Waals surface area contributed by atoms with Gasteiger partial charge >= 0.3 is 0 Å². The van der Waals surface area contributed by atoms with Gasteiger partial charge in [0.25, 0.3) is 5.91 Å². The molecule has 1 aliphatic rings. The Labute approximate surface area is 213 Å². The molecule has 0 radical (unpaired) electrons. The first kappa shape index (κ1) is 24.7. The van der Waals surface area contributed by atoms with Gasteiger partial charge in [0.2, 0.25) is 5.89 Å². The number of rotatable bonds is 5. The SMILES string of the molecule is CC(C)c1noc(C2CCN(c3ncnc4c(-c5ccc(C(=O)N(C)C)c(F)c5)cc(F)cc34)CC2)n1. The van der Waals surface area contributed by atoms with Crippen molar-refractivity contribution in [3.05, 3.63) is 65.6 Å². The molecule has 0 saturated carbocycles. The Bertz CT molecular complexity index is 1460. The zero-order valence-electron chi connectivity index (χ0n) is 21.2. The maximum Gasteiger partial charge on any atom is 0.256 e. The lowest BCUT2D eigenvalue weighted by molar-refractivity contribution is 0.0823. The van der Waals surface area contributed by atoms with Crippen LogP contribution in [0, 0.1) is 11.6 Å². The van der Waals surface area contributed by atoms with Gasteiger partial charge < -0.3 is 14.3 Å². The molecule has 5 rings (SSSR count). The van der Waals surface area contributed by atoms with Crippen LogP contribution in [0.15, 0.2) is 41.2 Å². The van der Waals surface area contributed by atoms with Crippen LogP contribution in [-0.4, -0.2) is 58.1 Å². The van der Waals surface area contributed by atoms with Crippen LogP contribution in [0.4, 0.5) is 14.6 Å². The van der Waals surface area contributed by atoms with Crippen LogP contribution in [0.1, 0.15) is 60.6 Å². The van der Waals surface area contributed by atoms with Gasteiger partial charge in [0.1, 0.15) is 23.8 Å². The molecule has 4 aromatic rings. The van der Waals surface area contributed by atoms with Crippen LogP contribution in [-0.2, 0) is 0 Å². The molecule has 3 heterocycles. The van der Waals surface area contributed by atoms with E-state index in [9.17, 15) is 13.6 Å². The number of carbonyl (C=O) groups is 1. The number of anilines is 1. The Morgan fingerprint density at radius 3 is 2.51 bits per heavy atom. The van der Waals surface area contributed by atoms with Gasteiger partial charge in [-0.2, -0.15) is 4.98 Å². The minimum atomic E-state index is -0.674. The Hall–Kier alpha value is -3.95. The summed E-state index contributed by atoms with van der Waals surface area (Å²) in [6.07, 6.45) is 3.03. The van der Waals surface area contributed by atoms with Gasteiger partial charge in [-0.3, -0.25) is 4.79 Å². The van der Waals surface area contributed by atoms with E-state index in [0.717, 1.165) is 12.8 Å². The Morgan fingerprint density at radius 1 is 1.11 bits per heavy atom. The Kier molecular flexibility index (Phi) is 6.57. The second kappa shape index (κ2) is 9.84. The molecule has 1 fully saturated rings. The highest BCUT2D eigenvalue weighted by Gasteiger charge is 2.28. The molecular weight excluding hydrogens is 478 g/mol. The van der Waals surface area contributed by atoms with Crippen molar-refractivity contribution in [3.63, 3.8) is 0 Å². The Balaban J connectivity index is 1.45. The molecule has 2 aromatic carbocycles. The first-order valence-electron chi connectivity index (χ1n) is 12.3. The zero-order valence-corrected chi connectivity index (χ0v) is 21.2. The molecule has 1 amide bonds. The molecular formula is C27H28F2N6O2. The van der Waals surface area contributed by atoms with Gasteiger partial charge in [0.05, 0.1) is 11.1 Å². The summed E-state index contributed by atoms with van der Waals surface area (Å²) in [7, 11) is 3.11. The summed E-state index contributed by atoms with van der Waals surface area (Å²) in [5, 5.41) is 4.62. The average molecular weight is 507 g/mol. The third kappa shape index (κ3) is 4.75. The highest BCUT2D eigenvalue weighted by atomic mass is 19.1. The van der Waals surface area contributed by atoms with E-state index in [1.165, 1.54) is 35.5 Å². The normalized spacial score (nSPS) is 14.5. The topological polar surface area (TPSA) is 88.2 Å². The summed E-state index contributed by atoms with van der Waals surface area (Å²) in [6.45, 7) is 5.41. The smallest absolute Gasteiger partial charge is 0.256 e. The second-order valence-corrected chi connectivity index (χ2v) is 9.85. The summed E-state index contributed by atoms with van der Waals surface area (Å²) in [5.41, 5.74) is 1.33. The lowest BCUT2D eigenvalue weighted by Crippen LogP contribution is -2.33. The fourth-order valence-corrected chi connectivity index (χ4v) is 4.67. The lowest BCUT2D eigenvalue weighted by atomic mass is 9.96. The molecule has 192 valence electrons. The number of benzene rings is 2. The van der Waals surface area contributed by atoms with E-state index in [-0.39, 0.29) is 17.4 Å². The van der Waals surface area contributed by atoms with Crippen LogP contribution >= 0.6 is 0 Å². The fourth-order valence-electron chi connectivity index (χ4n) is 4.67. The molecule has 8 nitrogen and oxygen atoms in total. The number of aromatic nitrogens is 4. The maximum atomic E-state index is 14.8. The van der Waals surface area contributed by atoms with Crippen LogP contribution < -0.4 is 4.90 Å². The predicted octanol–water partition coefficient (Wildman–Crippen LogP) is 5.17. The first-order valence-corrected chi connectivity index (χ1v) is 12.3. The molecule has 10 heteroatoms. The van der Waals surface area contributed by atoms with Crippen molar-refractivity contribution < 1.29 is 18.1 Å². The van der Waals surface area contributed by atoms with Crippen molar-refractivity contribution in [2.75, 3.05) is 32.1 Å². The third-order valence-corrected chi connectivity index (χ3v) is 6.72. The molecule has 2 aromatic heterocycles. The molecule has 37 heavy (non-hydrogen) atoms. The van der Waals surface area contributed by atoms with Crippen molar-refractivity contribution >= 4 is 22.6 Å². The average Bonchev–Trinajstić information content (AvgIpc) is 3.38. The standard InChI is InChI=1S/C27H28F2N6O2/c1-15(2)24-32-26(37-33-24)16-7-9-35(10-8-16)25-21-13-18(28)12-20(23(21)30-14-31-25)17-5-6-19(22(29)11-17)27(36)34(3)4/h5-6,11-16H,7-10H2,1-4H3. The highest BCUT2D eigenvalue weighted by molar-refractivity contribution is 6.00. The number of fused-ring (bicyclic) bond motifs is 1. The summed E-state index contributed by atoms with van der Waals surface area (Å²) in [4.78, 5) is 29.1. The van der Waals surface area contributed by atoms with Crippen molar-refractivity contribution in [2.45, 2.75) is 38.5 Å². The minimum Gasteiger partial charge on any atom is -0.356 e. The molecule has 0 N–H and O–H groups in total. The van der Waals surface area contributed by atoms with Crippen LogP contribution in [0.2, 0.25) is 0 Å². The second-order valence-electron chi connectivity index (χ2n) is 9.85. The summed E-state index contributed by atoms with van der Waals surface area (Å²) >= 11 is 0. The van der Waals surface area contributed by atoms with Gasteiger partial charge in [-0.05, 0) is 42.7 Å². The van der Waals surface area contributed by atoms with Gasteiger partial charge in [0, 0.05) is 50.0 Å². The lowest BCUT2D eigenvalue weighted by Gasteiger charge is -2.32. The van der Waals surface area contributed by atoms with Crippen molar-refractivity contribution in [3.8, 4) is 11.1 Å². The number of carbonyl (C=O) groups excluding carboxylic acids is 1. The van der Waals surface area contributed by atoms with Crippen LogP contribution in [0.3, 0.4) is 0 Å². The van der Waals surface area contributed by atoms with E-state index < -0.39 is 17.5 Å². The fraction of sp³-hybridized carbons (Fsp3) is 0.370. The Morgan fingerprint density at radius 2 is 1.86 bits per heavy atom. The van der Waals surface area contributed by atoms with E-state index in [1.807, 2.05) is 13.8 Å². The van der Waals surface area contributed by atoms with Gasteiger partial charge in [-0.1, -0.05) is 25.1 Å². The number of nitrogens with zero attached hydrogens (tertiary/aromatic N) is 6. The predicted molar refractivity (Wildman–Crippen MR) is 135 cm³/mol. The molecule has 0 spiro atoms. The molecule has 1 aliphatic heterocycles. The number of hydrogen-bond donors (Lipinski definition) is 0. The third-order valence-electron chi connectivity index (χ3n) is 6.72.